The van der Waals surface area contributed by atoms with Crippen LogP contribution in [0.4, 0.5) is 0 Å². The molecule has 0 spiro atoms. The van der Waals surface area contributed by atoms with Crippen LogP contribution in [0.15, 0.2) is 10.9 Å². The zero-order valence-corrected chi connectivity index (χ0v) is 11.2. The van der Waals surface area contributed by atoms with E-state index in [1.165, 1.54) is 18.9 Å². The molecular formula is C13H19ClN2O. The van der Waals surface area contributed by atoms with E-state index in [0.29, 0.717) is 22.9 Å². The van der Waals surface area contributed by atoms with Gasteiger partial charge >= 0.3 is 0 Å². The van der Waals surface area contributed by atoms with Gasteiger partial charge < -0.3 is 4.98 Å². The van der Waals surface area contributed by atoms with E-state index in [-0.39, 0.29) is 5.56 Å². The molecule has 1 N–H and O–H groups in total. The Bertz CT molecular complexity index is 443. The van der Waals surface area contributed by atoms with Crippen molar-refractivity contribution in [1.82, 2.24) is 9.97 Å². The third-order valence-corrected chi connectivity index (χ3v) is 3.95. The Morgan fingerprint density at radius 2 is 2.12 bits per heavy atom. The fraction of sp³-hybridized carbons (Fsp3) is 0.692. The first-order valence-electron chi connectivity index (χ1n) is 6.16. The first-order valence-corrected chi connectivity index (χ1v) is 6.70. The van der Waals surface area contributed by atoms with Crippen molar-refractivity contribution in [2.24, 2.45) is 5.41 Å². The summed E-state index contributed by atoms with van der Waals surface area (Å²) in [6.45, 7) is 4.60. The maximum atomic E-state index is 11.5. The number of aromatic amines is 1. The molecule has 1 aliphatic rings. The highest BCUT2D eigenvalue weighted by Gasteiger charge is 2.28. The van der Waals surface area contributed by atoms with Crippen LogP contribution in [-0.4, -0.2) is 9.97 Å². The molecule has 1 heterocycles. The Morgan fingerprint density at radius 3 is 2.71 bits per heavy atom. The van der Waals surface area contributed by atoms with E-state index in [1.54, 1.807) is 0 Å². The summed E-state index contributed by atoms with van der Waals surface area (Å²) in [5.74, 6) is 1.51. The number of rotatable bonds is 2. The van der Waals surface area contributed by atoms with Crippen LogP contribution in [0.2, 0.25) is 0 Å². The van der Waals surface area contributed by atoms with Gasteiger partial charge in [0.25, 0.3) is 5.56 Å². The Balaban J connectivity index is 2.18. The van der Waals surface area contributed by atoms with Gasteiger partial charge in [0.15, 0.2) is 0 Å². The van der Waals surface area contributed by atoms with Crippen molar-refractivity contribution in [3.8, 4) is 0 Å². The van der Waals surface area contributed by atoms with Crippen molar-refractivity contribution >= 4 is 11.6 Å². The molecule has 17 heavy (non-hydrogen) atoms. The molecule has 0 amide bonds. The van der Waals surface area contributed by atoms with E-state index in [0.717, 1.165) is 18.7 Å². The predicted molar refractivity (Wildman–Crippen MR) is 69.4 cm³/mol. The number of halogens is 1. The van der Waals surface area contributed by atoms with E-state index in [4.69, 9.17) is 11.6 Å². The molecule has 4 heteroatoms. The van der Waals surface area contributed by atoms with Crippen LogP contribution >= 0.6 is 11.6 Å². The Morgan fingerprint density at radius 1 is 1.47 bits per heavy atom. The Hall–Kier alpha value is -0.830. The number of nitrogens with one attached hydrogen (secondary N) is 1. The minimum Gasteiger partial charge on any atom is -0.310 e. The van der Waals surface area contributed by atoms with Gasteiger partial charge in [-0.25, -0.2) is 4.98 Å². The molecule has 0 bridgehead atoms. The Labute approximate surface area is 107 Å². The summed E-state index contributed by atoms with van der Waals surface area (Å²) >= 11 is 5.74. The molecule has 0 atom stereocenters. The van der Waals surface area contributed by atoms with Gasteiger partial charge in [0, 0.05) is 12.0 Å². The third-order valence-electron chi connectivity index (χ3n) is 3.68. The highest BCUT2D eigenvalue weighted by molar-refractivity contribution is 6.16. The smallest absolute Gasteiger partial charge is 0.251 e. The summed E-state index contributed by atoms with van der Waals surface area (Å²) in [6, 6.07) is 1.48. The number of nitrogens with zero attached hydrogens (tertiary/aromatic N) is 1. The van der Waals surface area contributed by atoms with E-state index < -0.39 is 0 Å². The molecule has 1 aliphatic carbocycles. The molecule has 0 saturated heterocycles. The van der Waals surface area contributed by atoms with Crippen molar-refractivity contribution < 1.29 is 0 Å². The van der Waals surface area contributed by atoms with Crippen LogP contribution < -0.4 is 5.56 Å². The van der Waals surface area contributed by atoms with Crippen LogP contribution in [-0.2, 0) is 5.88 Å². The number of H-pyrrole nitrogens is 1. The highest BCUT2D eigenvalue weighted by atomic mass is 35.5. The van der Waals surface area contributed by atoms with Crippen LogP contribution in [0.25, 0.3) is 0 Å². The molecule has 0 unspecified atom stereocenters. The Kier molecular flexibility index (Phi) is 3.57. The van der Waals surface area contributed by atoms with Crippen molar-refractivity contribution in [3.63, 3.8) is 0 Å². The molecule has 1 fully saturated rings. The lowest BCUT2D eigenvalue weighted by molar-refractivity contribution is 0.220. The van der Waals surface area contributed by atoms with Gasteiger partial charge in [-0.15, -0.1) is 11.6 Å². The fourth-order valence-electron chi connectivity index (χ4n) is 2.46. The molecule has 0 aromatic carbocycles. The van der Waals surface area contributed by atoms with Gasteiger partial charge in [-0.1, -0.05) is 13.8 Å². The maximum absolute atomic E-state index is 11.5. The molecule has 1 aromatic heterocycles. The molecule has 0 aliphatic heterocycles. The summed E-state index contributed by atoms with van der Waals surface area (Å²) in [4.78, 5) is 18.8. The van der Waals surface area contributed by atoms with E-state index in [2.05, 4.69) is 23.8 Å². The summed E-state index contributed by atoms with van der Waals surface area (Å²) in [7, 11) is 0. The standard InChI is InChI=1S/C13H19ClN2O/c1-13(2)5-3-9(4-6-13)12-15-10(8-14)7-11(17)16-12/h7,9H,3-6,8H2,1-2H3,(H,15,16,17). The molecule has 2 rings (SSSR count). The van der Waals surface area contributed by atoms with E-state index in [1.807, 2.05) is 0 Å². The number of aromatic nitrogens is 2. The van der Waals surface area contributed by atoms with Gasteiger partial charge in [0.1, 0.15) is 5.82 Å². The molecule has 1 aromatic rings. The number of alkyl halides is 1. The summed E-state index contributed by atoms with van der Waals surface area (Å²) in [5.41, 5.74) is 1.02. The lowest BCUT2D eigenvalue weighted by atomic mass is 9.73. The van der Waals surface area contributed by atoms with Crippen molar-refractivity contribution in [2.75, 3.05) is 0 Å². The monoisotopic (exact) mass is 254 g/mol. The molecular weight excluding hydrogens is 236 g/mol. The lowest BCUT2D eigenvalue weighted by Crippen LogP contribution is -2.23. The van der Waals surface area contributed by atoms with E-state index >= 15 is 0 Å². The van der Waals surface area contributed by atoms with Gasteiger partial charge in [-0.2, -0.15) is 0 Å². The van der Waals surface area contributed by atoms with Gasteiger partial charge in [-0.05, 0) is 31.1 Å². The quantitative estimate of drug-likeness (QED) is 0.824. The first-order chi connectivity index (χ1) is 8.00. The predicted octanol–water partition coefficient (Wildman–Crippen LogP) is 3.19. The summed E-state index contributed by atoms with van der Waals surface area (Å²) in [5, 5.41) is 0. The topological polar surface area (TPSA) is 45.8 Å². The second kappa shape index (κ2) is 4.81. The zero-order chi connectivity index (χ0) is 12.5. The maximum Gasteiger partial charge on any atom is 0.251 e. The van der Waals surface area contributed by atoms with Gasteiger partial charge in [0.05, 0.1) is 11.6 Å². The second-order valence-corrected chi connectivity index (χ2v) is 5.96. The average molecular weight is 255 g/mol. The first kappa shape index (κ1) is 12.6. The SMILES string of the molecule is CC1(C)CCC(c2nc(CCl)cc(=O)[nH]2)CC1. The third kappa shape index (κ3) is 3.09. The number of hydrogen-bond acceptors (Lipinski definition) is 2. The lowest BCUT2D eigenvalue weighted by Gasteiger charge is -2.33. The average Bonchev–Trinajstić information content (AvgIpc) is 2.28. The zero-order valence-electron chi connectivity index (χ0n) is 10.4. The number of hydrogen-bond donors (Lipinski definition) is 1. The molecule has 0 radical (unpaired) electrons. The van der Waals surface area contributed by atoms with Crippen LogP contribution in [0.3, 0.4) is 0 Å². The summed E-state index contributed by atoms with van der Waals surface area (Å²) < 4.78 is 0. The van der Waals surface area contributed by atoms with Gasteiger partial charge in [0.2, 0.25) is 0 Å². The van der Waals surface area contributed by atoms with Crippen LogP contribution in [0.5, 0.6) is 0 Å². The van der Waals surface area contributed by atoms with Gasteiger partial charge in [-0.3, -0.25) is 4.79 Å². The van der Waals surface area contributed by atoms with Crippen molar-refractivity contribution in [2.45, 2.75) is 51.3 Å². The molecule has 94 valence electrons. The fourth-order valence-corrected chi connectivity index (χ4v) is 2.60. The highest BCUT2D eigenvalue weighted by Crippen LogP contribution is 2.41. The van der Waals surface area contributed by atoms with Crippen molar-refractivity contribution in [1.29, 1.82) is 0 Å². The molecule has 1 saturated carbocycles. The largest absolute Gasteiger partial charge is 0.310 e. The van der Waals surface area contributed by atoms with E-state index in [9.17, 15) is 4.79 Å². The minimum absolute atomic E-state index is 0.0875. The van der Waals surface area contributed by atoms with Crippen LogP contribution in [0, 0.1) is 5.41 Å². The molecule has 3 nitrogen and oxygen atoms in total. The second-order valence-electron chi connectivity index (χ2n) is 5.69. The minimum atomic E-state index is -0.0875. The van der Waals surface area contributed by atoms with Crippen molar-refractivity contribution in [3.05, 3.63) is 27.9 Å². The van der Waals surface area contributed by atoms with Crippen LogP contribution in [0.1, 0.15) is 57.0 Å². The normalized spacial score (nSPS) is 20.4. The summed E-state index contributed by atoms with van der Waals surface area (Å²) in [6.07, 6.45) is 4.57.